The van der Waals surface area contributed by atoms with Crippen LogP contribution in [0, 0.1) is 0 Å². The zero-order valence-electron chi connectivity index (χ0n) is 8.62. The molecule has 0 aliphatic heterocycles. The Labute approximate surface area is 93.3 Å². The highest BCUT2D eigenvalue weighted by Gasteiger charge is 2.16. The lowest BCUT2D eigenvalue weighted by molar-refractivity contribution is 0.0693. The fourth-order valence-electron chi connectivity index (χ4n) is 1.40. The van der Waals surface area contributed by atoms with E-state index in [1.807, 2.05) is 13.8 Å². The second kappa shape index (κ2) is 4.53. The molecule has 0 aliphatic rings. The van der Waals surface area contributed by atoms with E-state index in [4.69, 9.17) is 16.7 Å². The van der Waals surface area contributed by atoms with Gasteiger partial charge in [0.05, 0.1) is 0 Å². The highest BCUT2D eigenvalue weighted by Crippen LogP contribution is 2.31. The minimum atomic E-state index is -1.14. The largest absolute Gasteiger partial charge is 0.507 e. The number of aromatic hydroxyl groups is 1. The summed E-state index contributed by atoms with van der Waals surface area (Å²) in [5, 5.41) is 18.6. The molecule has 0 amide bonds. The molecule has 4 heteroatoms. The minimum Gasteiger partial charge on any atom is -0.507 e. The van der Waals surface area contributed by atoms with Gasteiger partial charge >= 0.3 is 5.97 Å². The Morgan fingerprint density at radius 3 is 2.47 bits per heavy atom. The molecule has 2 N–H and O–H groups in total. The van der Waals surface area contributed by atoms with Crippen LogP contribution in [-0.2, 0) is 5.88 Å². The molecule has 3 nitrogen and oxygen atoms in total. The van der Waals surface area contributed by atoms with Gasteiger partial charge in [0.25, 0.3) is 0 Å². The van der Waals surface area contributed by atoms with Crippen LogP contribution in [0.5, 0.6) is 5.75 Å². The van der Waals surface area contributed by atoms with Crippen molar-refractivity contribution >= 4 is 17.6 Å². The van der Waals surface area contributed by atoms with E-state index < -0.39 is 5.97 Å². The summed E-state index contributed by atoms with van der Waals surface area (Å²) < 4.78 is 0. The number of hydrogen-bond donors (Lipinski definition) is 2. The van der Waals surface area contributed by atoms with E-state index in [9.17, 15) is 9.90 Å². The fourth-order valence-corrected chi connectivity index (χ4v) is 1.55. The third-order valence-corrected chi connectivity index (χ3v) is 2.51. The number of aromatic carboxylic acids is 1. The molecule has 0 spiro atoms. The standard InChI is InChI=1S/C11H13ClO3/c1-6(2)8-3-7(5-12)4-9(10(8)13)11(14)15/h3-4,6,13H,5H2,1-2H3,(H,14,15). The predicted octanol–water partition coefficient (Wildman–Crippen LogP) is 2.95. The number of carboxylic acids is 1. The van der Waals surface area contributed by atoms with Crippen LogP contribution in [0.3, 0.4) is 0 Å². The number of alkyl halides is 1. The zero-order valence-corrected chi connectivity index (χ0v) is 9.38. The Morgan fingerprint density at radius 1 is 1.47 bits per heavy atom. The van der Waals surface area contributed by atoms with Crippen LogP contribution in [0.4, 0.5) is 0 Å². The smallest absolute Gasteiger partial charge is 0.339 e. The highest BCUT2D eigenvalue weighted by atomic mass is 35.5. The first-order valence-corrected chi connectivity index (χ1v) is 5.15. The van der Waals surface area contributed by atoms with Gasteiger partial charge in [-0.3, -0.25) is 0 Å². The topological polar surface area (TPSA) is 57.5 Å². The number of halogens is 1. The van der Waals surface area contributed by atoms with Crippen molar-refractivity contribution in [3.63, 3.8) is 0 Å². The van der Waals surface area contributed by atoms with Crippen molar-refractivity contribution in [3.05, 3.63) is 28.8 Å². The fraction of sp³-hybridized carbons (Fsp3) is 0.364. The van der Waals surface area contributed by atoms with Crippen LogP contribution in [0.25, 0.3) is 0 Å². The number of rotatable bonds is 3. The van der Waals surface area contributed by atoms with E-state index in [1.54, 1.807) is 6.07 Å². The number of phenols is 1. The van der Waals surface area contributed by atoms with Crippen molar-refractivity contribution < 1.29 is 15.0 Å². The number of carbonyl (C=O) groups is 1. The molecule has 1 aromatic rings. The van der Waals surface area contributed by atoms with Gasteiger partial charge in [0.15, 0.2) is 0 Å². The quantitative estimate of drug-likeness (QED) is 0.782. The van der Waals surface area contributed by atoms with Crippen LogP contribution in [0.15, 0.2) is 12.1 Å². The van der Waals surface area contributed by atoms with Gasteiger partial charge in [-0.05, 0) is 23.1 Å². The van der Waals surface area contributed by atoms with Crippen LogP contribution in [-0.4, -0.2) is 16.2 Å². The molecule has 82 valence electrons. The van der Waals surface area contributed by atoms with Gasteiger partial charge in [0.2, 0.25) is 0 Å². The van der Waals surface area contributed by atoms with Gasteiger partial charge in [0, 0.05) is 5.88 Å². The number of carboxylic acid groups (broad SMARTS) is 1. The SMILES string of the molecule is CC(C)c1cc(CCl)cc(C(=O)O)c1O. The molecule has 1 aromatic carbocycles. The Hall–Kier alpha value is -1.22. The van der Waals surface area contributed by atoms with Gasteiger partial charge in [0.1, 0.15) is 11.3 Å². The Kier molecular flexibility index (Phi) is 3.58. The zero-order chi connectivity index (χ0) is 11.6. The minimum absolute atomic E-state index is 0.0614. The van der Waals surface area contributed by atoms with Gasteiger partial charge in [-0.2, -0.15) is 0 Å². The first kappa shape index (κ1) is 11.9. The summed E-state index contributed by atoms with van der Waals surface area (Å²) in [6, 6.07) is 3.13. The van der Waals surface area contributed by atoms with Crippen LogP contribution in [0.1, 0.15) is 41.3 Å². The number of benzene rings is 1. The normalized spacial score (nSPS) is 10.7. The summed E-state index contributed by atoms with van der Waals surface area (Å²) in [6.07, 6.45) is 0. The van der Waals surface area contributed by atoms with E-state index in [-0.39, 0.29) is 23.1 Å². The predicted molar refractivity (Wildman–Crippen MR) is 58.7 cm³/mol. The molecule has 0 bridgehead atoms. The van der Waals surface area contributed by atoms with Crippen LogP contribution < -0.4 is 0 Å². The average molecular weight is 229 g/mol. The summed E-state index contributed by atoms with van der Waals surface area (Å²) in [4.78, 5) is 10.9. The summed E-state index contributed by atoms with van der Waals surface area (Å²) in [7, 11) is 0. The van der Waals surface area contributed by atoms with Crippen molar-refractivity contribution in [2.45, 2.75) is 25.6 Å². The van der Waals surface area contributed by atoms with E-state index >= 15 is 0 Å². The highest BCUT2D eigenvalue weighted by molar-refractivity contribution is 6.17. The number of hydrogen-bond acceptors (Lipinski definition) is 2. The van der Waals surface area contributed by atoms with Gasteiger partial charge in [-0.25, -0.2) is 4.79 Å². The monoisotopic (exact) mass is 228 g/mol. The second-order valence-corrected chi connectivity index (χ2v) is 3.94. The van der Waals surface area contributed by atoms with Gasteiger partial charge in [-0.15, -0.1) is 11.6 Å². The van der Waals surface area contributed by atoms with Gasteiger partial charge < -0.3 is 10.2 Å². The molecule has 0 radical (unpaired) electrons. The third kappa shape index (κ3) is 2.42. The third-order valence-electron chi connectivity index (χ3n) is 2.21. The molecule has 0 fully saturated rings. The molecule has 0 aromatic heterocycles. The van der Waals surface area contributed by atoms with Crippen molar-refractivity contribution in [2.75, 3.05) is 0 Å². The molecule has 0 saturated carbocycles. The Morgan fingerprint density at radius 2 is 2.07 bits per heavy atom. The summed E-state index contributed by atoms with van der Waals surface area (Å²) in [5.41, 5.74) is 1.23. The molecular weight excluding hydrogens is 216 g/mol. The molecule has 0 saturated heterocycles. The first-order valence-electron chi connectivity index (χ1n) is 4.62. The van der Waals surface area contributed by atoms with Crippen molar-refractivity contribution in [1.29, 1.82) is 0 Å². The summed E-state index contributed by atoms with van der Waals surface area (Å²) in [6.45, 7) is 3.78. The molecule has 0 atom stereocenters. The van der Waals surface area contributed by atoms with Gasteiger partial charge in [-0.1, -0.05) is 19.9 Å². The lowest BCUT2D eigenvalue weighted by atomic mass is 9.96. The average Bonchev–Trinajstić information content (AvgIpc) is 2.17. The lowest BCUT2D eigenvalue weighted by Crippen LogP contribution is -2.02. The van der Waals surface area contributed by atoms with Crippen molar-refractivity contribution in [3.8, 4) is 5.75 Å². The molecular formula is C11H13ClO3. The van der Waals surface area contributed by atoms with Crippen molar-refractivity contribution in [2.24, 2.45) is 0 Å². The van der Waals surface area contributed by atoms with Crippen molar-refractivity contribution in [1.82, 2.24) is 0 Å². The van der Waals surface area contributed by atoms with E-state index in [1.165, 1.54) is 6.07 Å². The van der Waals surface area contributed by atoms with Crippen LogP contribution >= 0.6 is 11.6 Å². The lowest BCUT2D eigenvalue weighted by Gasteiger charge is -2.12. The first-order chi connectivity index (χ1) is 6.97. The maximum Gasteiger partial charge on any atom is 0.339 e. The summed E-state index contributed by atoms with van der Waals surface area (Å²) in [5.74, 6) is -1.00. The summed E-state index contributed by atoms with van der Waals surface area (Å²) >= 11 is 5.66. The maximum absolute atomic E-state index is 10.9. The Bertz CT molecular complexity index is 386. The molecule has 0 aliphatic carbocycles. The maximum atomic E-state index is 10.9. The molecule has 15 heavy (non-hydrogen) atoms. The molecule has 0 heterocycles. The van der Waals surface area contributed by atoms with E-state index in [0.717, 1.165) is 0 Å². The molecule has 1 rings (SSSR count). The van der Waals surface area contributed by atoms with E-state index in [0.29, 0.717) is 11.1 Å². The molecule has 0 unspecified atom stereocenters. The Balaban J connectivity index is 3.40. The van der Waals surface area contributed by atoms with Crippen LogP contribution in [0.2, 0.25) is 0 Å². The second-order valence-electron chi connectivity index (χ2n) is 3.67. The van der Waals surface area contributed by atoms with E-state index in [2.05, 4.69) is 0 Å².